The van der Waals surface area contributed by atoms with Crippen molar-refractivity contribution in [3.05, 3.63) is 0 Å². The molecule has 2 aliphatic rings. The van der Waals surface area contributed by atoms with Gasteiger partial charge in [-0.3, -0.25) is 9.69 Å². The number of nitrogens with two attached hydrogens (primary N) is 1. The van der Waals surface area contributed by atoms with E-state index in [0.717, 1.165) is 30.6 Å². The van der Waals surface area contributed by atoms with Gasteiger partial charge in [0, 0.05) is 12.1 Å². The molecule has 0 spiro atoms. The highest BCUT2D eigenvalue weighted by Gasteiger charge is 2.75. The van der Waals surface area contributed by atoms with E-state index in [1.54, 1.807) is 0 Å². The lowest BCUT2D eigenvalue weighted by Gasteiger charge is -2.41. The van der Waals surface area contributed by atoms with Crippen LogP contribution < -0.4 is 5.73 Å². The minimum Gasteiger partial charge on any atom is -0.377 e. The lowest BCUT2D eigenvalue weighted by molar-refractivity contribution is -0.343. The second-order valence-corrected chi connectivity index (χ2v) is 9.03. The van der Waals surface area contributed by atoms with Crippen molar-refractivity contribution >= 4 is 5.78 Å². The summed E-state index contributed by atoms with van der Waals surface area (Å²) in [6.45, 7) is 3.15. The number of rotatable bonds is 8. The van der Waals surface area contributed by atoms with E-state index in [9.17, 15) is 35.5 Å². The molecule has 2 rings (SSSR count). The Morgan fingerprint density at radius 1 is 1.03 bits per heavy atom. The number of halogens is 7. The van der Waals surface area contributed by atoms with Gasteiger partial charge in [0.1, 0.15) is 0 Å². The summed E-state index contributed by atoms with van der Waals surface area (Å²) in [5.41, 5.74) is 6.04. The van der Waals surface area contributed by atoms with Crippen LogP contribution in [0.3, 0.4) is 0 Å². The Kier molecular flexibility index (Phi) is 8.41. The Hall–Kier alpha value is -0.940. The summed E-state index contributed by atoms with van der Waals surface area (Å²) in [5, 5.41) is 0. The third-order valence-corrected chi connectivity index (χ3v) is 6.56. The summed E-state index contributed by atoms with van der Waals surface area (Å²) in [5.74, 6) is -13.6. The maximum atomic E-state index is 13.7. The van der Waals surface area contributed by atoms with Crippen molar-refractivity contribution in [3.8, 4) is 0 Å². The van der Waals surface area contributed by atoms with E-state index < -0.39 is 42.4 Å². The molecule has 1 saturated heterocycles. The smallest absolute Gasteiger partial charge is 0.377 e. The van der Waals surface area contributed by atoms with E-state index in [1.807, 2.05) is 0 Å². The Labute approximate surface area is 177 Å². The predicted octanol–water partition coefficient (Wildman–Crippen LogP) is 4.41. The van der Waals surface area contributed by atoms with Gasteiger partial charge in [-0.05, 0) is 56.9 Å². The van der Waals surface area contributed by atoms with Gasteiger partial charge in [-0.1, -0.05) is 13.8 Å². The van der Waals surface area contributed by atoms with E-state index in [4.69, 9.17) is 10.5 Å². The molecule has 11 heteroatoms. The predicted molar refractivity (Wildman–Crippen MR) is 100 cm³/mol. The zero-order valence-corrected chi connectivity index (χ0v) is 17.7. The molecule has 2 N–H and O–H groups in total. The van der Waals surface area contributed by atoms with Gasteiger partial charge >= 0.3 is 18.0 Å². The highest BCUT2D eigenvalue weighted by Crippen LogP contribution is 2.47. The topological polar surface area (TPSA) is 55.6 Å². The molecule has 2 fully saturated rings. The van der Waals surface area contributed by atoms with E-state index in [2.05, 4.69) is 13.8 Å². The Morgan fingerprint density at radius 2 is 1.61 bits per heavy atom. The first-order valence-corrected chi connectivity index (χ1v) is 10.6. The molecule has 1 saturated carbocycles. The Balaban J connectivity index is 2.00. The fraction of sp³-hybridized carbons (Fsp3) is 0.950. The molecule has 0 aromatic heterocycles. The van der Waals surface area contributed by atoms with Gasteiger partial charge in [0.25, 0.3) is 0 Å². The van der Waals surface area contributed by atoms with Crippen LogP contribution in [0.15, 0.2) is 0 Å². The van der Waals surface area contributed by atoms with Crippen molar-refractivity contribution in [1.82, 2.24) is 4.90 Å². The van der Waals surface area contributed by atoms with Crippen molar-refractivity contribution in [1.29, 1.82) is 0 Å². The first kappa shape index (κ1) is 26.3. The number of likely N-dealkylation sites (tertiary alicyclic amines) is 1. The van der Waals surface area contributed by atoms with Crippen molar-refractivity contribution in [2.45, 2.75) is 88.6 Å². The van der Waals surface area contributed by atoms with Gasteiger partial charge in [-0.15, -0.1) is 0 Å². The maximum absolute atomic E-state index is 13.7. The van der Waals surface area contributed by atoms with E-state index >= 15 is 0 Å². The molecule has 31 heavy (non-hydrogen) atoms. The lowest BCUT2D eigenvalue weighted by atomic mass is 9.80. The number of carbonyl (C=O) groups excluding carboxylic acids is 1. The molecule has 0 amide bonds. The first-order chi connectivity index (χ1) is 14.2. The molecule has 2 atom stereocenters. The Morgan fingerprint density at radius 3 is 2.13 bits per heavy atom. The van der Waals surface area contributed by atoms with Crippen LogP contribution in [0.25, 0.3) is 0 Å². The highest BCUT2D eigenvalue weighted by molar-refractivity contribution is 5.88. The van der Waals surface area contributed by atoms with Crippen LogP contribution >= 0.6 is 0 Å². The Bertz CT molecular complexity index is 605. The molecule has 2 unspecified atom stereocenters. The molecule has 1 aliphatic heterocycles. The van der Waals surface area contributed by atoms with Gasteiger partial charge in [0.05, 0.1) is 19.3 Å². The molecular formula is C20H31F7N2O2. The largest absolute Gasteiger partial charge is 0.460 e. The van der Waals surface area contributed by atoms with Gasteiger partial charge in [-0.2, -0.15) is 30.7 Å². The number of alkyl halides is 7. The summed E-state index contributed by atoms with van der Waals surface area (Å²) < 4.78 is 96.9. The number of ether oxygens (including phenoxy) is 1. The fourth-order valence-corrected chi connectivity index (χ4v) is 4.38. The third-order valence-electron chi connectivity index (χ3n) is 6.56. The number of piperidine rings is 1. The number of ketones is 1. The third kappa shape index (κ3) is 5.90. The van der Waals surface area contributed by atoms with Crippen LogP contribution in [-0.4, -0.2) is 66.6 Å². The quantitative estimate of drug-likeness (QED) is 0.541. The SMILES string of the molecule is CC(C)C1CCC(OCC2C(N)CCCN2CC(=O)C(F)(F)C(F)(F)C(F)(F)F)CC1. The molecule has 0 aromatic carbocycles. The molecular weight excluding hydrogens is 433 g/mol. The minimum absolute atomic E-state index is 0.00664. The summed E-state index contributed by atoms with van der Waals surface area (Å²) in [6.07, 6.45) is -2.07. The van der Waals surface area contributed by atoms with Crippen LogP contribution in [0.2, 0.25) is 0 Å². The zero-order valence-electron chi connectivity index (χ0n) is 17.7. The second kappa shape index (κ2) is 9.91. The van der Waals surface area contributed by atoms with Crippen molar-refractivity contribution < 1.29 is 40.3 Å². The molecule has 0 aromatic rings. The molecule has 0 bridgehead atoms. The van der Waals surface area contributed by atoms with Gasteiger partial charge < -0.3 is 10.5 Å². The van der Waals surface area contributed by atoms with Gasteiger partial charge in [0.15, 0.2) is 0 Å². The normalized spacial score (nSPS) is 29.4. The fourth-order valence-electron chi connectivity index (χ4n) is 4.38. The average Bonchev–Trinajstić information content (AvgIpc) is 2.66. The number of Topliss-reactive ketones (excluding diaryl/α,β-unsaturated/α-hetero) is 1. The van der Waals surface area contributed by atoms with Gasteiger partial charge in [0.2, 0.25) is 5.78 Å². The van der Waals surface area contributed by atoms with Crippen molar-refractivity contribution in [2.75, 3.05) is 19.7 Å². The second-order valence-electron chi connectivity index (χ2n) is 9.03. The monoisotopic (exact) mass is 464 g/mol. The molecule has 0 radical (unpaired) electrons. The molecule has 1 heterocycles. The lowest BCUT2D eigenvalue weighted by Crippen LogP contribution is -2.61. The first-order valence-electron chi connectivity index (χ1n) is 10.6. The van der Waals surface area contributed by atoms with Crippen molar-refractivity contribution in [3.63, 3.8) is 0 Å². The van der Waals surface area contributed by atoms with E-state index in [-0.39, 0.29) is 19.3 Å². The molecule has 4 nitrogen and oxygen atoms in total. The zero-order chi connectivity index (χ0) is 23.6. The van der Waals surface area contributed by atoms with E-state index in [1.165, 1.54) is 0 Å². The standard InChI is InChI=1S/C20H31F7N2O2/c1-12(2)13-5-7-14(8-6-13)31-11-16-15(28)4-3-9-29(16)10-17(30)18(21,22)19(23,24)20(25,26)27/h12-16H,3-11,28H2,1-2H3. The van der Waals surface area contributed by atoms with Crippen LogP contribution in [0, 0.1) is 11.8 Å². The van der Waals surface area contributed by atoms with Crippen LogP contribution in [-0.2, 0) is 9.53 Å². The maximum Gasteiger partial charge on any atom is 0.460 e. The summed E-state index contributed by atoms with van der Waals surface area (Å²) >= 11 is 0. The molecule has 1 aliphatic carbocycles. The van der Waals surface area contributed by atoms with Crippen LogP contribution in [0.5, 0.6) is 0 Å². The average molecular weight is 464 g/mol. The summed E-state index contributed by atoms with van der Waals surface area (Å²) in [7, 11) is 0. The highest BCUT2D eigenvalue weighted by atomic mass is 19.4. The van der Waals surface area contributed by atoms with Crippen LogP contribution in [0.1, 0.15) is 52.4 Å². The number of hydrogen-bond donors (Lipinski definition) is 1. The number of hydrogen-bond acceptors (Lipinski definition) is 4. The van der Waals surface area contributed by atoms with Gasteiger partial charge in [-0.25, -0.2) is 0 Å². The summed E-state index contributed by atoms with van der Waals surface area (Å²) in [4.78, 5) is 13.0. The number of nitrogens with zero attached hydrogens (tertiary/aromatic N) is 1. The summed E-state index contributed by atoms with van der Waals surface area (Å²) in [6, 6.07) is -1.28. The van der Waals surface area contributed by atoms with Crippen molar-refractivity contribution in [2.24, 2.45) is 17.6 Å². The molecule has 182 valence electrons. The number of carbonyl (C=O) groups is 1. The minimum atomic E-state index is -6.54. The van der Waals surface area contributed by atoms with E-state index in [0.29, 0.717) is 24.7 Å². The van der Waals surface area contributed by atoms with Crippen LogP contribution in [0.4, 0.5) is 30.7 Å².